The number of aliphatic imine (C=N–C) groups is 1. The van der Waals surface area contributed by atoms with Gasteiger partial charge in [0.15, 0.2) is 0 Å². The number of aliphatic carboxylic acids is 1. The van der Waals surface area contributed by atoms with Crippen LogP contribution in [-0.2, 0) is 4.79 Å². The smallest absolute Gasteiger partial charge is 0.328 e. The van der Waals surface area contributed by atoms with Crippen LogP contribution in [0.3, 0.4) is 0 Å². The minimum absolute atomic E-state index is 0.465. The Balaban J connectivity index is 2.25. The first-order chi connectivity index (χ1) is 9.72. The lowest BCUT2D eigenvalue weighted by Gasteiger charge is -2.06. The summed E-state index contributed by atoms with van der Waals surface area (Å²) in [7, 11) is 0. The molecule has 0 bridgehead atoms. The lowest BCUT2D eigenvalue weighted by molar-refractivity contribution is -0.138. The van der Waals surface area contributed by atoms with Gasteiger partial charge in [0, 0.05) is 11.8 Å². The van der Waals surface area contributed by atoms with E-state index in [4.69, 9.17) is 10.8 Å². The number of nitrogens with two attached hydrogens (primary N) is 1. The normalized spacial score (nSPS) is 12.8. The monoisotopic (exact) mass is 270 g/mol. The van der Waals surface area contributed by atoms with Gasteiger partial charge in [-0.05, 0) is 30.2 Å². The number of hydrogen-bond acceptors (Lipinski definition) is 3. The van der Waals surface area contributed by atoms with Crippen LogP contribution in [0.2, 0.25) is 0 Å². The molecule has 4 heteroatoms. The number of rotatable bonds is 6. The molecule has 104 valence electrons. The van der Waals surface area contributed by atoms with Gasteiger partial charge in [-0.1, -0.05) is 42.5 Å². The average Bonchev–Trinajstić information content (AvgIpc) is 2.47. The molecule has 0 spiro atoms. The zero-order valence-corrected chi connectivity index (χ0v) is 11.2. The summed E-state index contributed by atoms with van der Waals surface area (Å²) >= 11 is 0. The Morgan fingerprint density at radius 1 is 1.25 bits per heavy atom. The van der Waals surface area contributed by atoms with E-state index >= 15 is 0 Å². The predicted octanol–water partition coefficient (Wildman–Crippen LogP) is 2.45. The second-order valence-corrected chi connectivity index (χ2v) is 4.63. The van der Waals surface area contributed by atoms with E-state index < -0.39 is 12.0 Å². The molecule has 0 radical (unpaired) electrons. The summed E-state index contributed by atoms with van der Waals surface area (Å²) in [5, 5.41) is 11.3. The maximum Gasteiger partial charge on any atom is 0.328 e. The second kappa shape index (κ2) is 6.82. The number of fused-ring (bicyclic) bond motifs is 1. The number of carboxylic acids is 1. The molecule has 0 fully saturated rings. The highest BCUT2D eigenvalue weighted by Crippen LogP contribution is 2.17. The minimum atomic E-state index is -0.907. The quantitative estimate of drug-likeness (QED) is 0.792. The Kier molecular flexibility index (Phi) is 4.85. The molecule has 0 heterocycles. The maximum atomic E-state index is 11.1. The summed E-state index contributed by atoms with van der Waals surface area (Å²) in [4.78, 5) is 15.3. The first-order valence-corrected chi connectivity index (χ1v) is 6.66. The average molecular weight is 270 g/mol. The zero-order chi connectivity index (χ0) is 14.4. The van der Waals surface area contributed by atoms with Crippen molar-refractivity contribution >= 4 is 23.0 Å². The van der Waals surface area contributed by atoms with E-state index in [0.717, 1.165) is 16.3 Å². The number of carboxylic acid groups (broad SMARTS) is 1. The third kappa shape index (κ3) is 3.42. The second-order valence-electron chi connectivity index (χ2n) is 4.63. The molecule has 3 N–H and O–H groups in total. The highest BCUT2D eigenvalue weighted by molar-refractivity contribution is 6.00. The Morgan fingerprint density at radius 2 is 2.00 bits per heavy atom. The number of hydrogen-bond donors (Lipinski definition) is 2. The molecule has 0 saturated heterocycles. The van der Waals surface area contributed by atoms with Gasteiger partial charge in [0.2, 0.25) is 0 Å². The summed E-state index contributed by atoms with van der Waals surface area (Å²) in [5.41, 5.74) is 6.35. The fourth-order valence-corrected chi connectivity index (χ4v) is 2.11. The van der Waals surface area contributed by atoms with Crippen molar-refractivity contribution < 1.29 is 9.90 Å². The van der Waals surface area contributed by atoms with Crippen LogP contribution in [0.1, 0.15) is 18.4 Å². The van der Waals surface area contributed by atoms with Crippen LogP contribution in [0.4, 0.5) is 0 Å². The highest BCUT2D eigenvalue weighted by Gasteiger charge is 2.14. The third-order valence-corrected chi connectivity index (χ3v) is 3.18. The van der Waals surface area contributed by atoms with Gasteiger partial charge in [-0.15, -0.1) is 0 Å². The summed E-state index contributed by atoms with van der Waals surface area (Å²) < 4.78 is 0. The molecule has 4 nitrogen and oxygen atoms in total. The Morgan fingerprint density at radius 3 is 2.75 bits per heavy atom. The molecule has 20 heavy (non-hydrogen) atoms. The van der Waals surface area contributed by atoms with Gasteiger partial charge in [0.25, 0.3) is 0 Å². The Labute approximate surface area is 117 Å². The molecule has 0 aromatic heterocycles. The number of nitrogens with zero attached hydrogens (tertiary/aromatic N) is 1. The molecule has 2 aromatic rings. The van der Waals surface area contributed by atoms with E-state index in [1.165, 1.54) is 0 Å². The van der Waals surface area contributed by atoms with Crippen molar-refractivity contribution in [3.8, 4) is 0 Å². The molecule has 2 aromatic carbocycles. The van der Waals surface area contributed by atoms with E-state index in [0.29, 0.717) is 19.4 Å². The van der Waals surface area contributed by atoms with Gasteiger partial charge in [-0.3, -0.25) is 4.99 Å². The van der Waals surface area contributed by atoms with E-state index in [9.17, 15) is 4.79 Å². The van der Waals surface area contributed by atoms with Gasteiger partial charge >= 0.3 is 5.97 Å². The molecular weight excluding hydrogens is 252 g/mol. The van der Waals surface area contributed by atoms with Crippen LogP contribution in [0.5, 0.6) is 0 Å². The van der Waals surface area contributed by atoms with Crippen LogP contribution in [-0.4, -0.2) is 29.9 Å². The van der Waals surface area contributed by atoms with Crippen molar-refractivity contribution in [3.05, 3.63) is 48.0 Å². The topological polar surface area (TPSA) is 75.7 Å². The van der Waals surface area contributed by atoms with Crippen LogP contribution < -0.4 is 5.73 Å². The molecule has 0 aliphatic heterocycles. The van der Waals surface area contributed by atoms with E-state index in [1.54, 1.807) is 6.21 Å². The van der Waals surface area contributed by atoms with Crippen molar-refractivity contribution in [2.75, 3.05) is 6.54 Å². The van der Waals surface area contributed by atoms with Gasteiger partial charge < -0.3 is 10.8 Å². The van der Waals surface area contributed by atoms with Gasteiger partial charge in [-0.2, -0.15) is 0 Å². The fourth-order valence-electron chi connectivity index (χ4n) is 2.11. The van der Waals surface area contributed by atoms with Crippen LogP contribution in [0.15, 0.2) is 47.5 Å². The van der Waals surface area contributed by atoms with Crippen molar-refractivity contribution in [1.82, 2.24) is 0 Å². The minimum Gasteiger partial charge on any atom is -0.480 e. The van der Waals surface area contributed by atoms with Crippen molar-refractivity contribution in [2.24, 2.45) is 10.7 Å². The molecule has 1 atom stereocenters. The molecule has 2 rings (SSSR count). The highest BCUT2D eigenvalue weighted by atomic mass is 16.4. The van der Waals surface area contributed by atoms with Gasteiger partial charge in [0.05, 0.1) is 0 Å². The van der Waals surface area contributed by atoms with Crippen molar-refractivity contribution in [2.45, 2.75) is 18.9 Å². The summed E-state index contributed by atoms with van der Waals surface area (Å²) in [6, 6.07) is 13.1. The largest absolute Gasteiger partial charge is 0.480 e. The lowest BCUT2D eigenvalue weighted by Crippen LogP contribution is -2.19. The van der Waals surface area contributed by atoms with Gasteiger partial charge in [-0.25, -0.2) is 4.79 Å². The fraction of sp³-hybridized carbons (Fsp3) is 0.250. The third-order valence-electron chi connectivity index (χ3n) is 3.18. The zero-order valence-electron chi connectivity index (χ0n) is 11.2. The van der Waals surface area contributed by atoms with Crippen molar-refractivity contribution in [1.29, 1.82) is 0 Å². The van der Waals surface area contributed by atoms with Gasteiger partial charge in [0.1, 0.15) is 6.04 Å². The first-order valence-electron chi connectivity index (χ1n) is 6.66. The molecule has 0 saturated carbocycles. The molecule has 0 aliphatic rings. The van der Waals surface area contributed by atoms with E-state index in [1.807, 2.05) is 42.5 Å². The molecular formula is C16H18N2O2. The number of benzene rings is 2. The molecule has 0 aliphatic carbocycles. The summed E-state index contributed by atoms with van der Waals surface area (Å²) in [5.74, 6) is -0.907. The molecule has 1 unspecified atom stereocenters. The van der Waals surface area contributed by atoms with Crippen molar-refractivity contribution in [3.63, 3.8) is 0 Å². The molecule has 0 amide bonds. The number of carbonyl (C=O) groups is 1. The summed E-state index contributed by atoms with van der Waals surface area (Å²) in [6.45, 7) is 0.480. The SMILES string of the molecule is NCCCC(N=Cc1cccc2ccccc12)C(=O)O. The predicted molar refractivity (Wildman–Crippen MR) is 81.3 cm³/mol. The van der Waals surface area contributed by atoms with E-state index in [2.05, 4.69) is 4.99 Å². The first kappa shape index (κ1) is 14.2. The van der Waals surface area contributed by atoms with E-state index in [-0.39, 0.29) is 0 Å². The van der Waals surface area contributed by atoms with Crippen LogP contribution in [0.25, 0.3) is 10.8 Å². The standard InChI is InChI=1S/C16H18N2O2/c17-10-4-9-15(16(19)20)18-11-13-7-3-6-12-5-1-2-8-14(12)13/h1-3,5-8,11,15H,4,9-10,17H2,(H,19,20). The van der Waals surface area contributed by atoms with Crippen LogP contribution >= 0.6 is 0 Å². The maximum absolute atomic E-state index is 11.1. The lowest BCUT2D eigenvalue weighted by atomic mass is 10.1. The van der Waals surface area contributed by atoms with Crippen LogP contribution in [0, 0.1) is 0 Å². The summed E-state index contributed by atoms with van der Waals surface area (Å²) in [6.07, 6.45) is 2.77. The Hall–Kier alpha value is -2.20. The Bertz CT molecular complexity index is 617.